The molecule has 0 aliphatic carbocycles. The molecule has 2 fully saturated rings. The van der Waals surface area contributed by atoms with Crippen molar-refractivity contribution in [3.05, 3.63) is 5.82 Å². The lowest BCUT2D eigenvalue weighted by Gasteiger charge is -2.28. The van der Waals surface area contributed by atoms with Gasteiger partial charge in [-0.05, 0) is 25.2 Å². The highest BCUT2D eigenvalue weighted by Crippen LogP contribution is 2.32. The summed E-state index contributed by atoms with van der Waals surface area (Å²) < 4.78 is 5.70. The summed E-state index contributed by atoms with van der Waals surface area (Å²) in [6.45, 7) is 4.90. The summed E-state index contributed by atoms with van der Waals surface area (Å²) in [6.07, 6.45) is 3.21. The van der Waals surface area contributed by atoms with Crippen molar-refractivity contribution in [3.8, 4) is 0 Å². The highest BCUT2D eigenvalue weighted by molar-refractivity contribution is 5.30. The van der Waals surface area contributed by atoms with Gasteiger partial charge in [-0.15, -0.1) is 5.10 Å². The van der Waals surface area contributed by atoms with Crippen LogP contribution in [0.2, 0.25) is 0 Å². The normalized spacial score (nSPS) is 30.0. The van der Waals surface area contributed by atoms with Crippen LogP contribution in [0.4, 0.5) is 5.95 Å². The van der Waals surface area contributed by atoms with Crippen LogP contribution in [-0.4, -0.2) is 40.9 Å². The van der Waals surface area contributed by atoms with Crippen molar-refractivity contribution >= 4 is 5.95 Å². The van der Waals surface area contributed by atoms with Crippen molar-refractivity contribution in [2.45, 2.75) is 38.3 Å². The van der Waals surface area contributed by atoms with Crippen LogP contribution in [0.25, 0.3) is 0 Å². The van der Waals surface area contributed by atoms with Gasteiger partial charge in [0.15, 0.2) is 5.82 Å². The monoisotopic (exact) mass is 251 g/mol. The fraction of sp³-hybridized carbons (Fsp3) is 0.833. The minimum Gasteiger partial charge on any atom is -0.370 e. The Morgan fingerprint density at radius 2 is 2.11 bits per heavy atom. The Bertz CT molecular complexity index is 399. The highest BCUT2D eigenvalue weighted by atomic mass is 16.5. The zero-order chi connectivity index (χ0) is 12.5. The van der Waals surface area contributed by atoms with E-state index in [1.165, 1.54) is 0 Å². The lowest BCUT2D eigenvalue weighted by Crippen LogP contribution is -2.40. The maximum absolute atomic E-state index is 5.90. The van der Waals surface area contributed by atoms with Crippen LogP contribution in [0.5, 0.6) is 0 Å². The van der Waals surface area contributed by atoms with Gasteiger partial charge in [0.25, 0.3) is 0 Å². The molecule has 0 bridgehead atoms. The SMILES string of the molecule is CC1CCOC1c1nc(N2CCC(N)CC2)n[nH]1. The van der Waals surface area contributed by atoms with Gasteiger partial charge in [0.1, 0.15) is 6.10 Å². The maximum Gasteiger partial charge on any atom is 0.244 e. The minimum atomic E-state index is 0.0818. The number of ether oxygens (including phenoxy) is 1. The van der Waals surface area contributed by atoms with E-state index in [1.807, 2.05) is 0 Å². The van der Waals surface area contributed by atoms with Crippen LogP contribution in [0, 0.1) is 5.92 Å². The second-order valence-corrected chi connectivity index (χ2v) is 5.40. The van der Waals surface area contributed by atoms with Gasteiger partial charge >= 0.3 is 0 Å². The van der Waals surface area contributed by atoms with Crippen LogP contribution in [0.3, 0.4) is 0 Å². The van der Waals surface area contributed by atoms with Gasteiger partial charge in [0.05, 0.1) is 0 Å². The number of piperidine rings is 1. The predicted molar refractivity (Wildman–Crippen MR) is 68.3 cm³/mol. The Balaban J connectivity index is 1.69. The number of hydrogen-bond acceptors (Lipinski definition) is 5. The Morgan fingerprint density at radius 1 is 1.33 bits per heavy atom. The van der Waals surface area contributed by atoms with Crippen molar-refractivity contribution in [2.75, 3.05) is 24.6 Å². The van der Waals surface area contributed by atoms with E-state index >= 15 is 0 Å². The number of aromatic nitrogens is 3. The number of nitrogens with two attached hydrogens (primary N) is 1. The summed E-state index contributed by atoms with van der Waals surface area (Å²) in [4.78, 5) is 6.78. The van der Waals surface area contributed by atoms with E-state index in [4.69, 9.17) is 10.5 Å². The third-order valence-electron chi connectivity index (χ3n) is 3.97. The molecule has 3 rings (SSSR count). The largest absolute Gasteiger partial charge is 0.370 e. The van der Waals surface area contributed by atoms with Gasteiger partial charge in [0.2, 0.25) is 5.95 Å². The zero-order valence-corrected chi connectivity index (χ0v) is 10.8. The Morgan fingerprint density at radius 3 is 2.78 bits per heavy atom. The van der Waals surface area contributed by atoms with E-state index in [2.05, 4.69) is 27.0 Å². The van der Waals surface area contributed by atoms with Crippen LogP contribution in [0.15, 0.2) is 0 Å². The summed E-state index contributed by atoms with van der Waals surface area (Å²) in [6, 6.07) is 0.331. The minimum absolute atomic E-state index is 0.0818. The molecule has 6 heteroatoms. The third kappa shape index (κ3) is 2.22. The molecule has 100 valence electrons. The van der Waals surface area contributed by atoms with E-state index in [0.717, 1.165) is 50.7 Å². The van der Waals surface area contributed by atoms with Crippen LogP contribution >= 0.6 is 0 Å². The molecule has 0 amide bonds. The summed E-state index contributed by atoms with van der Waals surface area (Å²) in [5.74, 6) is 2.17. The molecule has 2 aliphatic rings. The summed E-state index contributed by atoms with van der Waals surface area (Å²) in [5, 5.41) is 7.34. The standard InChI is InChI=1S/C12H21N5O/c1-8-4-7-18-10(8)11-14-12(16-15-11)17-5-2-9(13)3-6-17/h8-10H,2-7,13H2,1H3,(H,14,15,16). The molecular formula is C12H21N5O. The first-order chi connectivity index (χ1) is 8.74. The molecule has 2 unspecified atom stereocenters. The van der Waals surface area contributed by atoms with E-state index in [-0.39, 0.29) is 6.10 Å². The van der Waals surface area contributed by atoms with Gasteiger partial charge in [-0.25, -0.2) is 0 Å². The molecule has 18 heavy (non-hydrogen) atoms. The molecule has 6 nitrogen and oxygen atoms in total. The van der Waals surface area contributed by atoms with E-state index < -0.39 is 0 Å². The molecule has 3 heterocycles. The van der Waals surface area contributed by atoms with Gasteiger partial charge in [-0.2, -0.15) is 4.98 Å². The quantitative estimate of drug-likeness (QED) is 0.813. The molecule has 2 aliphatic heterocycles. The number of anilines is 1. The highest BCUT2D eigenvalue weighted by Gasteiger charge is 2.29. The average molecular weight is 251 g/mol. The van der Waals surface area contributed by atoms with Crippen molar-refractivity contribution in [3.63, 3.8) is 0 Å². The van der Waals surface area contributed by atoms with Gasteiger partial charge in [0, 0.05) is 25.7 Å². The first-order valence-corrected chi connectivity index (χ1v) is 6.78. The van der Waals surface area contributed by atoms with E-state index in [0.29, 0.717) is 12.0 Å². The number of nitrogens with zero attached hydrogens (tertiary/aromatic N) is 3. The molecule has 1 aromatic heterocycles. The second kappa shape index (κ2) is 4.85. The molecule has 0 radical (unpaired) electrons. The van der Waals surface area contributed by atoms with Crippen molar-refractivity contribution in [1.29, 1.82) is 0 Å². The molecule has 0 saturated carbocycles. The lowest BCUT2D eigenvalue weighted by molar-refractivity contribution is 0.0876. The summed E-state index contributed by atoms with van der Waals surface area (Å²) >= 11 is 0. The second-order valence-electron chi connectivity index (χ2n) is 5.40. The zero-order valence-electron chi connectivity index (χ0n) is 10.8. The summed E-state index contributed by atoms with van der Waals surface area (Å²) in [5.41, 5.74) is 5.90. The fourth-order valence-corrected chi connectivity index (χ4v) is 2.68. The van der Waals surface area contributed by atoms with Crippen LogP contribution in [-0.2, 0) is 4.74 Å². The van der Waals surface area contributed by atoms with Crippen LogP contribution in [0.1, 0.15) is 38.1 Å². The molecule has 0 aromatic carbocycles. The van der Waals surface area contributed by atoms with Gasteiger partial charge in [-0.3, -0.25) is 5.10 Å². The first-order valence-electron chi connectivity index (χ1n) is 6.78. The molecule has 0 spiro atoms. The number of hydrogen-bond donors (Lipinski definition) is 2. The van der Waals surface area contributed by atoms with Gasteiger partial charge in [-0.1, -0.05) is 6.92 Å². The number of H-pyrrole nitrogens is 1. The van der Waals surface area contributed by atoms with E-state index in [1.54, 1.807) is 0 Å². The van der Waals surface area contributed by atoms with Gasteiger partial charge < -0.3 is 15.4 Å². The molecule has 2 atom stereocenters. The average Bonchev–Trinajstić information content (AvgIpc) is 2.98. The Kier molecular flexibility index (Phi) is 3.22. The Labute approximate surface area is 107 Å². The number of aromatic amines is 1. The van der Waals surface area contributed by atoms with Crippen molar-refractivity contribution < 1.29 is 4.74 Å². The summed E-state index contributed by atoms with van der Waals surface area (Å²) in [7, 11) is 0. The predicted octanol–water partition coefficient (Wildman–Crippen LogP) is 0.830. The fourth-order valence-electron chi connectivity index (χ4n) is 2.68. The number of nitrogens with one attached hydrogen (secondary N) is 1. The lowest BCUT2D eigenvalue weighted by atomic mass is 10.0. The van der Waals surface area contributed by atoms with Crippen LogP contribution < -0.4 is 10.6 Å². The topological polar surface area (TPSA) is 80.1 Å². The number of rotatable bonds is 2. The molecule has 3 N–H and O–H groups in total. The first kappa shape index (κ1) is 11.9. The smallest absolute Gasteiger partial charge is 0.244 e. The third-order valence-corrected chi connectivity index (χ3v) is 3.97. The van der Waals surface area contributed by atoms with Crippen molar-refractivity contribution in [2.24, 2.45) is 11.7 Å². The van der Waals surface area contributed by atoms with Crippen molar-refractivity contribution in [1.82, 2.24) is 15.2 Å². The molecular weight excluding hydrogens is 230 g/mol. The molecule has 1 aromatic rings. The molecule has 2 saturated heterocycles. The Hall–Kier alpha value is -1.14. The maximum atomic E-state index is 5.90. The van der Waals surface area contributed by atoms with E-state index in [9.17, 15) is 0 Å².